The number of carbonyl (C=O) groups is 2. The van der Waals surface area contributed by atoms with Crippen LogP contribution in [0.15, 0.2) is 67.2 Å². The van der Waals surface area contributed by atoms with E-state index in [9.17, 15) is 14.0 Å². The lowest BCUT2D eigenvalue weighted by Gasteiger charge is -2.15. The predicted octanol–water partition coefficient (Wildman–Crippen LogP) is 6.95. The number of benzene rings is 3. The minimum Gasteiger partial charge on any atom is -0.462 e. The van der Waals surface area contributed by atoms with Crippen LogP contribution in [0, 0.1) is 5.82 Å². The summed E-state index contributed by atoms with van der Waals surface area (Å²) in [5, 5.41) is 3.37. The van der Waals surface area contributed by atoms with Gasteiger partial charge in [0.25, 0.3) is 0 Å². The Morgan fingerprint density at radius 2 is 1.68 bits per heavy atom. The third-order valence-corrected chi connectivity index (χ3v) is 5.10. The van der Waals surface area contributed by atoms with Crippen LogP contribution in [0.5, 0.6) is 0 Å². The van der Waals surface area contributed by atoms with Gasteiger partial charge in [-0.1, -0.05) is 54.0 Å². The second-order valence-electron chi connectivity index (χ2n) is 6.49. The van der Waals surface area contributed by atoms with E-state index in [2.05, 4.69) is 11.9 Å². The van der Waals surface area contributed by atoms with Crippen LogP contribution < -0.4 is 5.32 Å². The fourth-order valence-electron chi connectivity index (χ4n) is 2.95. The summed E-state index contributed by atoms with van der Waals surface area (Å²) < 4.78 is 19.5. The van der Waals surface area contributed by atoms with Gasteiger partial charge in [0.2, 0.25) is 0 Å². The lowest BCUT2D eigenvalue weighted by molar-refractivity contribution is 0.0525. The van der Waals surface area contributed by atoms with Crippen molar-refractivity contribution in [2.45, 2.75) is 6.92 Å². The van der Waals surface area contributed by atoms with E-state index < -0.39 is 17.6 Å². The zero-order valence-corrected chi connectivity index (χ0v) is 18.1. The normalized spacial score (nSPS) is 10.5. The van der Waals surface area contributed by atoms with E-state index in [1.165, 1.54) is 12.1 Å². The number of halogens is 3. The van der Waals surface area contributed by atoms with Gasteiger partial charge in [0, 0.05) is 16.8 Å². The van der Waals surface area contributed by atoms with Gasteiger partial charge < -0.3 is 10.1 Å². The molecule has 0 fully saturated rings. The summed E-state index contributed by atoms with van der Waals surface area (Å²) in [4.78, 5) is 24.8. The van der Waals surface area contributed by atoms with Crippen LogP contribution in [-0.4, -0.2) is 18.4 Å². The average Bonchev–Trinajstić information content (AvgIpc) is 2.75. The molecule has 0 heterocycles. The number of rotatable bonds is 7. The van der Waals surface area contributed by atoms with Crippen molar-refractivity contribution < 1.29 is 18.7 Å². The van der Waals surface area contributed by atoms with Crippen molar-refractivity contribution in [3.05, 3.63) is 99.8 Å². The number of nitrogens with one attached hydrogen (secondary N) is 1. The highest BCUT2D eigenvalue weighted by atomic mass is 35.5. The van der Waals surface area contributed by atoms with E-state index in [1.54, 1.807) is 49.4 Å². The average molecular weight is 458 g/mol. The van der Waals surface area contributed by atoms with Gasteiger partial charge in [-0.15, -0.1) is 0 Å². The predicted molar refractivity (Wildman–Crippen MR) is 122 cm³/mol. The maximum absolute atomic E-state index is 14.6. The molecule has 31 heavy (non-hydrogen) atoms. The molecule has 0 unspecified atom stereocenters. The maximum atomic E-state index is 14.6. The quantitative estimate of drug-likeness (QED) is 0.237. The third kappa shape index (κ3) is 4.95. The van der Waals surface area contributed by atoms with Gasteiger partial charge in [-0.05, 0) is 43.3 Å². The first-order valence-corrected chi connectivity index (χ1v) is 10.1. The van der Waals surface area contributed by atoms with E-state index in [0.717, 1.165) is 6.07 Å². The number of Topliss-reactive ketones (excluding diaryl/α,β-unsaturated/α-hetero) is 1. The monoisotopic (exact) mass is 457 g/mol. The first kappa shape index (κ1) is 22.5. The van der Waals surface area contributed by atoms with Gasteiger partial charge in [-0.25, -0.2) is 9.18 Å². The number of hydrogen-bond donors (Lipinski definition) is 1. The summed E-state index contributed by atoms with van der Waals surface area (Å²) in [5.74, 6) is -1.70. The number of para-hydroxylation sites is 1. The van der Waals surface area contributed by atoms with Crippen molar-refractivity contribution in [2.24, 2.45) is 0 Å². The standard InChI is InChI=1S/C24H18Cl2FNO3/c1-3-31-24(30)15-11-12-21(19(27)13-15)28-20-10-5-4-7-16(20)14(2)23(29)22-17(25)8-6-9-18(22)26/h4-13,28H,2-3H2,1H3. The van der Waals surface area contributed by atoms with Crippen LogP contribution in [-0.2, 0) is 4.74 Å². The van der Waals surface area contributed by atoms with Crippen molar-refractivity contribution in [1.29, 1.82) is 0 Å². The van der Waals surface area contributed by atoms with E-state index >= 15 is 0 Å². The summed E-state index contributed by atoms with van der Waals surface area (Å²) in [6.45, 7) is 5.77. The Morgan fingerprint density at radius 1 is 1.00 bits per heavy atom. The fourth-order valence-corrected chi connectivity index (χ4v) is 3.52. The number of anilines is 2. The molecule has 0 aromatic heterocycles. The SMILES string of the molecule is C=C(C(=O)c1c(Cl)cccc1Cl)c1ccccc1Nc1ccc(C(=O)OCC)cc1F. The van der Waals surface area contributed by atoms with E-state index in [4.69, 9.17) is 27.9 Å². The second kappa shape index (κ2) is 9.77. The topological polar surface area (TPSA) is 55.4 Å². The lowest BCUT2D eigenvalue weighted by Crippen LogP contribution is -2.07. The molecule has 7 heteroatoms. The Hall–Kier alpha value is -3.15. The molecule has 3 aromatic rings. The molecule has 158 valence electrons. The van der Waals surface area contributed by atoms with Gasteiger partial charge in [0.1, 0.15) is 5.82 Å². The molecule has 0 aliphatic heterocycles. The minimum atomic E-state index is -0.647. The largest absolute Gasteiger partial charge is 0.462 e. The Bertz CT molecular complexity index is 1160. The minimum absolute atomic E-state index is 0.103. The van der Waals surface area contributed by atoms with Crippen molar-refractivity contribution in [3.8, 4) is 0 Å². The van der Waals surface area contributed by atoms with Crippen LogP contribution in [0.2, 0.25) is 10.0 Å². The number of hydrogen-bond acceptors (Lipinski definition) is 4. The van der Waals surface area contributed by atoms with Crippen molar-refractivity contribution in [1.82, 2.24) is 0 Å². The number of esters is 1. The molecule has 4 nitrogen and oxygen atoms in total. The molecule has 3 aromatic carbocycles. The zero-order valence-electron chi connectivity index (χ0n) is 16.5. The summed E-state index contributed by atoms with van der Waals surface area (Å²) in [6.07, 6.45) is 0. The van der Waals surface area contributed by atoms with Gasteiger partial charge in [-0.3, -0.25) is 4.79 Å². The molecule has 3 rings (SSSR count). The molecule has 0 saturated carbocycles. The molecule has 0 amide bonds. The van der Waals surface area contributed by atoms with Crippen molar-refractivity contribution in [3.63, 3.8) is 0 Å². The lowest BCUT2D eigenvalue weighted by atomic mass is 9.96. The second-order valence-corrected chi connectivity index (χ2v) is 7.30. The zero-order chi connectivity index (χ0) is 22.5. The van der Waals surface area contributed by atoms with Gasteiger partial charge in [0.05, 0.1) is 33.5 Å². The molecular formula is C24H18Cl2FNO3. The smallest absolute Gasteiger partial charge is 0.338 e. The highest BCUT2D eigenvalue weighted by molar-refractivity contribution is 6.44. The van der Waals surface area contributed by atoms with E-state index in [-0.39, 0.29) is 39.0 Å². The molecular weight excluding hydrogens is 440 g/mol. The highest BCUT2D eigenvalue weighted by Crippen LogP contribution is 2.33. The number of allylic oxidation sites excluding steroid dienone is 1. The van der Waals surface area contributed by atoms with Gasteiger partial charge >= 0.3 is 5.97 Å². The number of carbonyl (C=O) groups excluding carboxylic acids is 2. The van der Waals surface area contributed by atoms with Crippen molar-refractivity contribution in [2.75, 3.05) is 11.9 Å². The van der Waals surface area contributed by atoms with E-state index in [0.29, 0.717) is 11.3 Å². The Kier molecular flexibility index (Phi) is 7.10. The Morgan fingerprint density at radius 3 is 2.32 bits per heavy atom. The highest BCUT2D eigenvalue weighted by Gasteiger charge is 2.21. The molecule has 0 aliphatic rings. The van der Waals surface area contributed by atoms with Crippen LogP contribution in [0.4, 0.5) is 15.8 Å². The third-order valence-electron chi connectivity index (χ3n) is 4.47. The Balaban J connectivity index is 1.92. The molecule has 0 radical (unpaired) electrons. The first-order chi connectivity index (χ1) is 14.8. The summed E-state index contributed by atoms with van der Waals surface area (Å²) in [5.41, 5.74) is 1.42. The van der Waals surface area contributed by atoms with Gasteiger partial charge in [-0.2, -0.15) is 0 Å². The van der Waals surface area contributed by atoms with Crippen LogP contribution >= 0.6 is 23.2 Å². The maximum Gasteiger partial charge on any atom is 0.338 e. The molecule has 1 N–H and O–H groups in total. The molecule has 0 aliphatic carbocycles. The summed E-state index contributed by atoms with van der Waals surface area (Å²) in [6, 6.07) is 15.6. The molecule has 0 bridgehead atoms. The summed E-state index contributed by atoms with van der Waals surface area (Å²) in [7, 11) is 0. The Labute approximate surface area is 189 Å². The van der Waals surface area contributed by atoms with Crippen LogP contribution in [0.25, 0.3) is 5.57 Å². The molecule has 0 atom stereocenters. The number of ketones is 1. The molecule has 0 spiro atoms. The summed E-state index contributed by atoms with van der Waals surface area (Å²) >= 11 is 12.3. The van der Waals surface area contributed by atoms with Crippen LogP contribution in [0.3, 0.4) is 0 Å². The number of ether oxygens (including phenoxy) is 1. The van der Waals surface area contributed by atoms with Crippen molar-refractivity contribution >= 4 is 51.9 Å². The molecule has 0 saturated heterocycles. The van der Waals surface area contributed by atoms with Crippen LogP contribution in [0.1, 0.15) is 33.2 Å². The van der Waals surface area contributed by atoms with E-state index in [1.807, 2.05) is 0 Å². The van der Waals surface area contributed by atoms with Gasteiger partial charge in [0.15, 0.2) is 5.78 Å². The fraction of sp³-hybridized carbons (Fsp3) is 0.0833. The first-order valence-electron chi connectivity index (χ1n) is 9.34.